The zero-order chi connectivity index (χ0) is 13.1. The highest BCUT2D eigenvalue weighted by atomic mass is 32.1. The van der Waals surface area contributed by atoms with Crippen LogP contribution in [0.2, 0.25) is 0 Å². The summed E-state index contributed by atoms with van der Waals surface area (Å²) in [4.78, 5) is 4.82. The summed E-state index contributed by atoms with van der Waals surface area (Å²) in [6, 6.07) is 14.9. The monoisotopic (exact) mass is 274 g/mol. The molecule has 3 aromatic rings. The summed E-state index contributed by atoms with van der Waals surface area (Å²) in [6.45, 7) is 0. The molecule has 0 bridgehead atoms. The molecule has 2 nitrogen and oxygen atoms in total. The second-order valence-corrected chi connectivity index (χ2v) is 5.96. The molecule has 0 unspecified atom stereocenters. The molecule has 3 heteroatoms. The number of nitrogens with zero attached hydrogens (tertiary/aromatic N) is 2. The lowest BCUT2D eigenvalue weighted by Gasteiger charge is -2.06. The molecule has 0 saturated heterocycles. The molecule has 4 heterocycles. The van der Waals surface area contributed by atoms with Crippen LogP contribution in [-0.2, 0) is 0 Å². The van der Waals surface area contributed by atoms with Crippen molar-refractivity contribution in [2.24, 2.45) is 0 Å². The lowest BCUT2D eigenvalue weighted by Crippen LogP contribution is -1.91. The molecule has 2 aliphatic rings. The maximum atomic E-state index is 4.82. The molecule has 5 rings (SSSR count). The number of para-hydroxylation sites is 1. The van der Waals surface area contributed by atoms with Crippen molar-refractivity contribution in [1.29, 1.82) is 0 Å². The minimum Gasteiger partial charge on any atom is -0.321 e. The van der Waals surface area contributed by atoms with E-state index in [1.54, 1.807) is 11.3 Å². The average molecular weight is 274 g/mol. The Hall–Kier alpha value is -2.39. The molecule has 0 atom stereocenters. The van der Waals surface area contributed by atoms with Gasteiger partial charge in [0.15, 0.2) is 0 Å². The van der Waals surface area contributed by atoms with Crippen molar-refractivity contribution in [3.8, 4) is 11.3 Å². The molecule has 2 aromatic heterocycles. The van der Waals surface area contributed by atoms with Gasteiger partial charge in [-0.3, -0.25) is 0 Å². The minimum absolute atomic E-state index is 1.07. The van der Waals surface area contributed by atoms with Crippen molar-refractivity contribution in [3.05, 3.63) is 60.2 Å². The normalized spacial score (nSPS) is 12.0. The lowest BCUT2D eigenvalue weighted by molar-refractivity contribution is 1.18. The number of hydrogen-bond donors (Lipinski definition) is 0. The number of thiophene rings is 1. The first kappa shape index (κ1) is 10.4. The van der Waals surface area contributed by atoms with E-state index in [0.29, 0.717) is 0 Å². The molecular formula is C17H10N2S. The summed E-state index contributed by atoms with van der Waals surface area (Å²) in [6.07, 6.45) is 4.31. The van der Waals surface area contributed by atoms with Crippen LogP contribution in [0.15, 0.2) is 60.2 Å². The van der Waals surface area contributed by atoms with Crippen LogP contribution in [0.5, 0.6) is 0 Å². The van der Waals surface area contributed by atoms with Crippen LogP contribution >= 0.6 is 11.3 Å². The van der Waals surface area contributed by atoms with Crippen LogP contribution in [0.3, 0.4) is 0 Å². The van der Waals surface area contributed by atoms with Gasteiger partial charge in [0.25, 0.3) is 0 Å². The van der Waals surface area contributed by atoms with Crippen LogP contribution in [-0.4, -0.2) is 9.38 Å². The molecule has 0 fully saturated rings. The topological polar surface area (TPSA) is 17.3 Å². The molecule has 0 N–H and O–H groups in total. The van der Waals surface area contributed by atoms with E-state index >= 15 is 0 Å². The van der Waals surface area contributed by atoms with Crippen LogP contribution in [0.4, 0.5) is 0 Å². The van der Waals surface area contributed by atoms with E-state index in [0.717, 1.165) is 11.2 Å². The summed E-state index contributed by atoms with van der Waals surface area (Å²) in [5.74, 6) is 0. The highest BCUT2D eigenvalue weighted by molar-refractivity contribution is 7.17. The van der Waals surface area contributed by atoms with Gasteiger partial charge < -0.3 is 4.40 Å². The molecule has 0 saturated carbocycles. The highest BCUT2D eigenvalue weighted by Crippen LogP contribution is 2.35. The van der Waals surface area contributed by atoms with Crippen LogP contribution in [0.25, 0.3) is 37.8 Å². The molecule has 20 heavy (non-hydrogen) atoms. The van der Waals surface area contributed by atoms with E-state index in [9.17, 15) is 0 Å². The number of pyridine rings is 2. The third kappa shape index (κ3) is 1.25. The fourth-order valence-electron chi connectivity index (χ4n) is 2.91. The van der Waals surface area contributed by atoms with Gasteiger partial charge in [-0.2, -0.15) is 0 Å². The highest BCUT2D eigenvalue weighted by Gasteiger charge is 2.14. The van der Waals surface area contributed by atoms with Crippen LogP contribution in [0, 0.1) is 0 Å². The van der Waals surface area contributed by atoms with E-state index in [2.05, 4.69) is 58.6 Å². The summed E-state index contributed by atoms with van der Waals surface area (Å²) >= 11 is 1.78. The maximum absolute atomic E-state index is 4.82. The Labute approximate surface area is 119 Å². The molecule has 0 radical (unpaired) electrons. The van der Waals surface area contributed by atoms with Crippen molar-refractivity contribution in [2.75, 3.05) is 0 Å². The summed E-state index contributed by atoms with van der Waals surface area (Å²) < 4.78 is 3.48. The number of fused-ring (bicyclic) bond motifs is 6. The standard InChI is InChI=1S/C17H10N2S/c1-2-4-14-12(3-1)13-5-7-19-10-11-6-8-20-16(11)9-15(19)17(13)18-14/h1-10H. The summed E-state index contributed by atoms with van der Waals surface area (Å²) in [5.41, 5.74) is 4.57. The fraction of sp³-hybridized carbons (Fsp3) is 0. The SMILES string of the molecule is c1ccc2c3ccn4cc5ccsc5cc4c-3nc2c1. The largest absolute Gasteiger partial charge is 0.321 e. The van der Waals surface area contributed by atoms with Crippen molar-refractivity contribution in [3.63, 3.8) is 0 Å². The number of hydrogen-bond acceptors (Lipinski definition) is 2. The van der Waals surface area contributed by atoms with Gasteiger partial charge >= 0.3 is 0 Å². The molecule has 1 aromatic carbocycles. The van der Waals surface area contributed by atoms with Crippen molar-refractivity contribution >= 4 is 37.8 Å². The van der Waals surface area contributed by atoms with E-state index in [1.807, 2.05) is 6.07 Å². The van der Waals surface area contributed by atoms with Crippen molar-refractivity contribution in [1.82, 2.24) is 9.38 Å². The molecule has 2 aliphatic heterocycles. The van der Waals surface area contributed by atoms with E-state index in [4.69, 9.17) is 4.98 Å². The zero-order valence-electron chi connectivity index (χ0n) is 10.6. The Balaban J connectivity index is 2.03. The number of rotatable bonds is 0. The Morgan fingerprint density at radius 3 is 3.00 bits per heavy atom. The fourth-order valence-corrected chi connectivity index (χ4v) is 3.71. The van der Waals surface area contributed by atoms with Gasteiger partial charge in [0.2, 0.25) is 0 Å². The van der Waals surface area contributed by atoms with E-state index < -0.39 is 0 Å². The van der Waals surface area contributed by atoms with E-state index in [-0.39, 0.29) is 0 Å². The predicted octanol–water partition coefficient (Wildman–Crippen LogP) is 4.81. The second-order valence-electron chi connectivity index (χ2n) is 5.01. The third-order valence-corrected chi connectivity index (χ3v) is 4.76. The van der Waals surface area contributed by atoms with Crippen molar-refractivity contribution in [2.45, 2.75) is 0 Å². The Morgan fingerprint density at radius 1 is 1.05 bits per heavy atom. The number of aromatic nitrogens is 2. The molecule has 0 amide bonds. The molecular weight excluding hydrogens is 264 g/mol. The Kier molecular flexibility index (Phi) is 1.86. The van der Waals surface area contributed by atoms with Gasteiger partial charge in [-0.1, -0.05) is 18.2 Å². The Bertz CT molecular complexity index is 1050. The summed E-state index contributed by atoms with van der Waals surface area (Å²) in [7, 11) is 0. The van der Waals surface area contributed by atoms with Gasteiger partial charge in [0.1, 0.15) is 0 Å². The smallest absolute Gasteiger partial charge is 0.0957 e. The van der Waals surface area contributed by atoms with Crippen LogP contribution in [0.1, 0.15) is 0 Å². The summed E-state index contributed by atoms with van der Waals surface area (Å²) in [5, 5.41) is 4.65. The van der Waals surface area contributed by atoms with Gasteiger partial charge in [0.05, 0.1) is 16.7 Å². The van der Waals surface area contributed by atoms with Gasteiger partial charge in [-0.15, -0.1) is 11.3 Å². The average Bonchev–Trinajstić information content (AvgIpc) is 3.08. The molecule has 94 valence electrons. The maximum Gasteiger partial charge on any atom is 0.0957 e. The first-order valence-corrected chi connectivity index (χ1v) is 7.44. The van der Waals surface area contributed by atoms with Gasteiger partial charge in [-0.25, -0.2) is 4.98 Å². The van der Waals surface area contributed by atoms with Gasteiger partial charge in [0, 0.05) is 33.4 Å². The quantitative estimate of drug-likeness (QED) is 0.396. The van der Waals surface area contributed by atoms with E-state index in [1.165, 1.54) is 26.6 Å². The second kappa shape index (κ2) is 3.58. The first-order valence-electron chi connectivity index (χ1n) is 6.56. The van der Waals surface area contributed by atoms with Gasteiger partial charge in [-0.05, 0) is 29.6 Å². The molecule has 0 spiro atoms. The first-order chi connectivity index (χ1) is 9.90. The zero-order valence-corrected chi connectivity index (χ0v) is 11.4. The number of benzene rings is 1. The molecule has 0 aliphatic carbocycles. The lowest BCUT2D eigenvalue weighted by atomic mass is 10.1. The third-order valence-electron chi connectivity index (χ3n) is 3.88. The minimum atomic E-state index is 1.07. The van der Waals surface area contributed by atoms with Crippen LogP contribution < -0.4 is 0 Å². The predicted molar refractivity (Wildman–Crippen MR) is 84.7 cm³/mol. The Morgan fingerprint density at radius 2 is 2.00 bits per heavy atom. The van der Waals surface area contributed by atoms with Crippen molar-refractivity contribution < 1.29 is 0 Å².